The second-order valence-electron chi connectivity index (χ2n) is 4.48. The van der Waals surface area contributed by atoms with Crippen molar-refractivity contribution in [1.29, 1.82) is 5.26 Å². The van der Waals surface area contributed by atoms with Crippen molar-refractivity contribution >= 4 is 15.7 Å². The molecule has 0 fully saturated rings. The van der Waals surface area contributed by atoms with Gasteiger partial charge in [0.2, 0.25) is 10.0 Å². The average molecular weight is 306 g/mol. The van der Waals surface area contributed by atoms with Crippen LogP contribution in [0.3, 0.4) is 0 Å². The second kappa shape index (κ2) is 7.68. The highest BCUT2D eigenvalue weighted by molar-refractivity contribution is 7.93. The molecule has 0 amide bonds. The highest BCUT2D eigenvalue weighted by atomic mass is 32.2. The highest BCUT2D eigenvalue weighted by Gasteiger charge is 2.23. The Labute approximate surface area is 125 Å². The normalized spacial score (nSPS) is 11.9. The number of hydrogen-bond donors (Lipinski definition) is 2. The molecule has 6 heteroatoms. The molecule has 1 unspecified atom stereocenters. The lowest BCUT2D eigenvalue weighted by Gasteiger charge is -2.13. The van der Waals surface area contributed by atoms with Crippen molar-refractivity contribution in [3.63, 3.8) is 0 Å². The van der Waals surface area contributed by atoms with Crippen molar-refractivity contribution in [2.75, 3.05) is 11.3 Å². The van der Waals surface area contributed by atoms with Crippen molar-refractivity contribution in [3.05, 3.63) is 29.3 Å². The minimum Gasteiger partial charge on any atom is -0.395 e. The molecule has 5 nitrogen and oxygen atoms in total. The molecule has 0 aliphatic heterocycles. The molecule has 0 saturated carbocycles. The molecule has 21 heavy (non-hydrogen) atoms. The fourth-order valence-electron chi connectivity index (χ4n) is 1.68. The van der Waals surface area contributed by atoms with E-state index in [1.165, 1.54) is 0 Å². The first-order valence-corrected chi connectivity index (χ1v) is 8.10. The van der Waals surface area contributed by atoms with Gasteiger partial charge in [-0.15, -0.1) is 0 Å². The molecule has 0 aliphatic carbocycles. The molecule has 1 rings (SSSR count). The largest absolute Gasteiger partial charge is 0.395 e. The number of nitrogens with zero attached hydrogens (tertiary/aromatic N) is 1. The van der Waals surface area contributed by atoms with Gasteiger partial charge in [0.15, 0.2) is 5.25 Å². The number of rotatable bonds is 5. The standard InChI is InChI=1S/C15H18N2O3S/c1-3-14(11-16)21(19,20)17-15-8-7-13(10-12(15)2)6-4-5-9-18/h7-8,10,14,17-18H,3,5,9H2,1-2H3. The molecule has 0 aliphatic rings. The minimum atomic E-state index is -3.71. The van der Waals surface area contributed by atoms with Crippen molar-refractivity contribution in [2.45, 2.75) is 31.9 Å². The lowest BCUT2D eigenvalue weighted by molar-refractivity contribution is 0.305. The molecular formula is C15H18N2O3S. The summed E-state index contributed by atoms with van der Waals surface area (Å²) in [5.74, 6) is 5.68. The summed E-state index contributed by atoms with van der Waals surface area (Å²) < 4.78 is 26.5. The van der Waals surface area contributed by atoms with Crippen molar-refractivity contribution in [3.8, 4) is 17.9 Å². The van der Waals surface area contributed by atoms with Crippen molar-refractivity contribution in [1.82, 2.24) is 0 Å². The smallest absolute Gasteiger partial charge is 0.249 e. The predicted molar refractivity (Wildman–Crippen MR) is 82.0 cm³/mol. The zero-order chi connectivity index (χ0) is 15.9. The first kappa shape index (κ1) is 17.0. The van der Waals surface area contributed by atoms with Gasteiger partial charge in [-0.1, -0.05) is 18.8 Å². The second-order valence-corrected chi connectivity index (χ2v) is 6.34. The van der Waals surface area contributed by atoms with E-state index < -0.39 is 15.3 Å². The quantitative estimate of drug-likeness (QED) is 0.811. The van der Waals surface area contributed by atoms with Gasteiger partial charge in [0.1, 0.15) is 0 Å². The van der Waals surface area contributed by atoms with Gasteiger partial charge in [0.05, 0.1) is 18.4 Å². The Morgan fingerprint density at radius 3 is 2.67 bits per heavy atom. The van der Waals surface area contributed by atoms with Crippen LogP contribution in [-0.4, -0.2) is 25.4 Å². The van der Waals surface area contributed by atoms with E-state index in [2.05, 4.69) is 16.6 Å². The van der Waals surface area contributed by atoms with Gasteiger partial charge >= 0.3 is 0 Å². The van der Waals surface area contributed by atoms with Gasteiger partial charge in [-0.05, 0) is 37.1 Å². The Morgan fingerprint density at radius 2 is 2.14 bits per heavy atom. The van der Waals surface area contributed by atoms with E-state index in [4.69, 9.17) is 10.4 Å². The number of aliphatic hydroxyl groups is 1. The van der Waals surface area contributed by atoms with Crippen LogP contribution in [-0.2, 0) is 10.0 Å². The third-order valence-electron chi connectivity index (χ3n) is 2.84. The van der Waals surface area contributed by atoms with Gasteiger partial charge < -0.3 is 5.11 Å². The summed E-state index contributed by atoms with van der Waals surface area (Å²) in [5, 5.41) is 16.5. The van der Waals surface area contributed by atoms with Gasteiger partial charge in [0, 0.05) is 12.0 Å². The van der Waals surface area contributed by atoms with Crippen LogP contribution in [0.15, 0.2) is 18.2 Å². The van der Waals surface area contributed by atoms with Gasteiger partial charge in [-0.25, -0.2) is 8.42 Å². The Kier molecular flexibility index (Phi) is 6.23. The SMILES string of the molecule is CCC(C#N)S(=O)(=O)Nc1ccc(C#CCCO)cc1C. The molecule has 0 aromatic heterocycles. The Balaban J connectivity index is 2.98. The van der Waals surface area contributed by atoms with Crippen LogP contribution in [0.2, 0.25) is 0 Å². The van der Waals surface area contributed by atoms with Gasteiger partial charge in [0.25, 0.3) is 0 Å². The molecule has 1 aromatic carbocycles. The number of sulfonamides is 1. The van der Waals surface area contributed by atoms with E-state index >= 15 is 0 Å². The summed E-state index contributed by atoms with van der Waals surface area (Å²) in [4.78, 5) is 0. The summed E-state index contributed by atoms with van der Waals surface area (Å²) in [6.07, 6.45) is 0.628. The maximum absolute atomic E-state index is 12.0. The van der Waals surface area contributed by atoms with Crippen LogP contribution in [0, 0.1) is 30.1 Å². The number of nitrogens with one attached hydrogen (secondary N) is 1. The van der Waals surface area contributed by atoms with Crippen LogP contribution in [0.1, 0.15) is 30.9 Å². The molecule has 0 spiro atoms. The third kappa shape index (κ3) is 4.78. The van der Waals surface area contributed by atoms with Crippen molar-refractivity contribution < 1.29 is 13.5 Å². The van der Waals surface area contributed by atoms with Crippen LogP contribution in [0.4, 0.5) is 5.69 Å². The topological polar surface area (TPSA) is 90.2 Å². The minimum absolute atomic E-state index is 0.0103. The monoisotopic (exact) mass is 306 g/mol. The van der Waals surface area contributed by atoms with Crippen molar-refractivity contribution in [2.24, 2.45) is 0 Å². The molecule has 0 bridgehead atoms. The van der Waals surface area contributed by atoms with E-state index in [1.807, 2.05) is 0 Å². The number of anilines is 1. The Hall–Kier alpha value is -2.02. The molecule has 1 atom stereocenters. The number of aliphatic hydroxyl groups excluding tert-OH is 1. The first-order chi connectivity index (χ1) is 9.94. The predicted octanol–water partition coefficient (Wildman–Crippen LogP) is 1.77. The van der Waals surface area contributed by atoms with Gasteiger partial charge in [-0.2, -0.15) is 5.26 Å². The van der Waals surface area contributed by atoms with E-state index in [-0.39, 0.29) is 13.0 Å². The zero-order valence-corrected chi connectivity index (χ0v) is 12.9. The average Bonchev–Trinajstić information content (AvgIpc) is 2.43. The molecular weight excluding hydrogens is 288 g/mol. The van der Waals surface area contributed by atoms with E-state index in [0.717, 1.165) is 11.1 Å². The van der Waals surface area contributed by atoms with Crippen LogP contribution in [0.25, 0.3) is 0 Å². The molecule has 0 heterocycles. The van der Waals surface area contributed by atoms with Gasteiger partial charge in [-0.3, -0.25) is 4.72 Å². The van der Waals surface area contributed by atoms with E-state index in [1.54, 1.807) is 38.1 Å². The number of nitriles is 1. The molecule has 1 aromatic rings. The Morgan fingerprint density at radius 1 is 1.43 bits per heavy atom. The lowest BCUT2D eigenvalue weighted by atomic mass is 10.1. The van der Waals surface area contributed by atoms with Crippen LogP contribution in [0.5, 0.6) is 0 Å². The maximum atomic E-state index is 12.0. The molecule has 2 N–H and O–H groups in total. The molecule has 112 valence electrons. The Bertz CT molecular complexity index is 694. The number of benzene rings is 1. The van der Waals surface area contributed by atoms with Crippen LogP contribution < -0.4 is 4.72 Å². The summed E-state index contributed by atoms with van der Waals surface area (Å²) >= 11 is 0. The third-order valence-corrected chi connectivity index (χ3v) is 4.53. The fraction of sp³-hybridized carbons (Fsp3) is 0.400. The zero-order valence-electron chi connectivity index (χ0n) is 12.0. The lowest BCUT2D eigenvalue weighted by Crippen LogP contribution is -2.26. The fourth-order valence-corrected chi connectivity index (χ4v) is 2.94. The van der Waals surface area contributed by atoms with E-state index in [9.17, 15) is 8.42 Å². The summed E-state index contributed by atoms with van der Waals surface area (Å²) in [7, 11) is -3.71. The number of aryl methyl sites for hydroxylation is 1. The summed E-state index contributed by atoms with van der Waals surface area (Å²) in [6.45, 7) is 3.43. The van der Waals surface area contributed by atoms with Crippen LogP contribution >= 0.6 is 0 Å². The summed E-state index contributed by atoms with van der Waals surface area (Å²) in [6, 6.07) is 6.86. The highest BCUT2D eigenvalue weighted by Crippen LogP contribution is 2.19. The van der Waals surface area contributed by atoms with E-state index in [0.29, 0.717) is 12.1 Å². The summed E-state index contributed by atoms with van der Waals surface area (Å²) in [5.41, 5.74) is 1.91. The first-order valence-electron chi connectivity index (χ1n) is 6.56. The number of hydrogen-bond acceptors (Lipinski definition) is 4. The molecule has 0 saturated heterocycles. The maximum Gasteiger partial charge on any atom is 0.249 e. The molecule has 0 radical (unpaired) electrons.